The van der Waals surface area contributed by atoms with Gasteiger partial charge in [-0.2, -0.15) is 0 Å². The molecule has 3 atom stereocenters. The van der Waals surface area contributed by atoms with E-state index in [1.165, 1.54) is 12.5 Å². The predicted octanol–water partition coefficient (Wildman–Crippen LogP) is 3.08. The fourth-order valence-corrected chi connectivity index (χ4v) is 3.79. The van der Waals surface area contributed by atoms with Crippen LogP contribution in [0.2, 0.25) is 0 Å². The molecule has 1 heterocycles. The van der Waals surface area contributed by atoms with Crippen molar-refractivity contribution in [3.05, 3.63) is 42.0 Å². The van der Waals surface area contributed by atoms with Crippen molar-refractivity contribution in [3.8, 4) is 0 Å². The molecule has 0 spiro atoms. The maximum absolute atomic E-state index is 12.4. The molecule has 0 aromatic heterocycles. The number of likely N-dealkylation sites (tertiary alicyclic amines) is 1. The highest BCUT2D eigenvalue weighted by Crippen LogP contribution is 2.26. The zero-order chi connectivity index (χ0) is 20.7. The molecule has 0 bridgehead atoms. The molecule has 0 radical (unpaired) electrons. The third-order valence-electron chi connectivity index (χ3n) is 5.40. The van der Waals surface area contributed by atoms with Crippen LogP contribution in [-0.2, 0) is 9.59 Å². The maximum atomic E-state index is 12.4. The lowest BCUT2D eigenvalue weighted by Gasteiger charge is -2.45. The minimum absolute atomic E-state index is 0.116. The molecule has 2 amide bonds. The van der Waals surface area contributed by atoms with Crippen molar-refractivity contribution in [3.63, 3.8) is 0 Å². The quantitative estimate of drug-likeness (QED) is 0.709. The van der Waals surface area contributed by atoms with Gasteiger partial charge in [-0.3, -0.25) is 14.5 Å². The molecule has 1 aliphatic heterocycles. The van der Waals surface area contributed by atoms with E-state index in [4.69, 9.17) is 0 Å². The molecule has 1 saturated heterocycles. The lowest BCUT2D eigenvalue weighted by Crippen LogP contribution is -2.57. The van der Waals surface area contributed by atoms with Crippen molar-refractivity contribution >= 4 is 17.9 Å². The lowest BCUT2D eigenvalue weighted by molar-refractivity contribution is -0.127. The van der Waals surface area contributed by atoms with Crippen LogP contribution in [0.4, 0.5) is 0 Å². The Bertz CT molecular complexity index is 674. The third-order valence-corrected chi connectivity index (χ3v) is 5.40. The Morgan fingerprint density at radius 2 is 1.79 bits per heavy atom. The number of hydrogen-bond donors (Lipinski definition) is 2. The van der Waals surface area contributed by atoms with E-state index < -0.39 is 6.04 Å². The second kappa shape index (κ2) is 9.87. The molecule has 1 aromatic rings. The van der Waals surface area contributed by atoms with Crippen molar-refractivity contribution < 1.29 is 9.59 Å². The Balaban J connectivity index is 1.81. The van der Waals surface area contributed by atoms with Gasteiger partial charge in [0.2, 0.25) is 11.8 Å². The summed E-state index contributed by atoms with van der Waals surface area (Å²) in [5, 5.41) is 5.74. The summed E-state index contributed by atoms with van der Waals surface area (Å²) in [6.07, 6.45) is 4.46. The van der Waals surface area contributed by atoms with E-state index in [-0.39, 0.29) is 17.4 Å². The number of hydrogen-bond acceptors (Lipinski definition) is 3. The first-order chi connectivity index (χ1) is 13.2. The molecule has 28 heavy (non-hydrogen) atoms. The van der Waals surface area contributed by atoms with Crippen LogP contribution in [0.5, 0.6) is 0 Å². The van der Waals surface area contributed by atoms with Gasteiger partial charge >= 0.3 is 0 Å². The zero-order valence-corrected chi connectivity index (χ0v) is 17.9. The molecular weight excluding hydrogens is 350 g/mol. The van der Waals surface area contributed by atoms with Crippen LogP contribution < -0.4 is 10.6 Å². The molecule has 3 unspecified atom stereocenters. The molecule has 154 valence electrons. The van der Waals surface area contributed by atoms with Crippen molar-refractivity contribution in [2.75, 3.05) is 19.6 Å². The van der Waals surface area contributed by atoms with Gasteiger partial charge in [-0.1, -0.05) is 44.2 Å². The highest BCUT2D eigenvalue weighted by molar-refractivity contribution is 5.95. The van der Waals surface area contributed by atoms with E-state index in [2.05, 4.69) is 43.2 Å². The summed E-state index contributed by atoms with van der Waals surface area (Å²) >= 11 is 0. The molecule has 1 aromatic carbocycles. The monoisotopic (exact) mass is 385 g/mol. The van der Waals surface area contributed by atoms with E-state index >= 15 is 0 Å². The average molecular weight is 386 g/mol. The van der Waals surface area contributed by atoms with E-state index in [9.17, 15) is 9.59 Å². The highest BCUT2D eigenvalue weighted by Gasteiger charge is 2.33. The molecule has 5 heteroatoms. The van der Waals surface area contributed by atoms with Crippen LogP contribution in [0, 0.1) is 11.8 Å². The minimum atomic E-state index is -0.581. The first-order valence-electron chi connectivity index (χ1n) is 10.2. The van der Waals surface area contributed by atoms with Gasteiger partial charge in [-0.15, -0.1) is 0 Å². The summed E-state index contributed by atoms with van der Waals surface area (Å²) in [5.41, 5.74) is 0.830. The fourth-order valence-electron chi connectivity index (χ4n) is 3.79. The van der Waals surface area contributed by atoms with Gasteiger partial charge in [0.15, 0.2) is 0 Å². The predicted molar refractivity (Wildman–Crippen MR) is 115 cm³/mol. The van der Waals surface area contributed by atoms with E-state index in [1.807, 2.05) is 30.3 Å². The SMILES string of the molecule is CC1CC(C)CN(C(C)(C)CNC(=O)C(C)NC(=O)/C=C/c2ccccc2)C1. The van der Waals surface area contributed by atoms with Crippen LogP contribution in [0.15, 0.2) is 36.4 Å². The van der Waals surface area contributed by atoms with E-state index in [0.717, 1.165) is 18.7 Å². The number of carbonyl (C=O) groups is 2. The van der Waals surface area contributed by atoms with Gasteiger partial charge in [-0.05, 0) is 50.7 Å². The van der Waals surface area contributed by atoms with Gasteiger partial charge in [0.1, 0.15) is 6.04 Å². The van der Waals surface area contributed by atoms with Crippen LogP contribution in [-0.4, -0.2) is 47.9 Å². The van der Waals surface area contributed by atoms with Crippen LogP contribution in [0.25, 0.3) is 6.08 Å². The maximum Gasteiger partial charge on any atom is 0.244 e. The Hall–Kier alpha value is -2.14. The Morgan fingerprint density at radius 1 is 1.18 bits per heavy atom. The van der Waals surface area contributed by atoms with Gasteiger partial charge in [-0.25, -0.2) is 0 Å². The normalized spacial score (nSPS) is 22.0. The zero-order valence-electron chi connectivity index (χ0n) is 17.9. The number of rotatable bonds is 7. The number of piperidine rings is 1. The average Bonchev–Trinajstić information content (AvgIpc) is 2.64. The summed E-state index contributed by atoms with van der Waals surface area (Å²) in [7, 11) is 0. The molecule has 0 saturated carbocycles. The van der Waals surface area contributed by atoms with E-state index in [0.29, 0.717) is 18.4 Å². The highest BCUT2D eigenvalue weighted by atomic mass is 16.2. The van der Waals surface area contributed by atoms with Crippen molar-refractivity contribution in [2.45, 2.75) is 52.6 Å². The molecule has 0 aliphatic carbocycles. The van der Waals surface area contributed by atoms with Crippen molar-refractivity contribution in [1.82, 2.24) is 15.5 Å². The number of nitrogens with one attached hydrogen (secondary N) is 2. The van der Waals surface area contributed by atoms with Gasteiger partial charge in [0.05, 0.1) is 0 Å². The number of amides is 2. The smallest absolute Gasteiger partial charge is 0.244 e. The largest absolute Gasteiger partial charge is 0.352 e. The Labute approximate surface area is 169 Å². The summed E-state index contributed by atoms with van der Waals surface area (Å²) in [5.74, 6) is 0.916. The van der Waals surface area contributed by atoms with Gasteiger partial charge < -0.3 is 10.6 Å². The summed E-state index contributed by atoms with van der Waals surface area (Å²) in [6, 6.07) is 9.02. The minimum Gasteiger partial charge on any atom is -0.352 e. The molecule has 2 N–H and O–H groups in total. The third kappa shape index (κ3) is 6.79. The Morgan fingerprint density at radius 3 is 2.39 bits per heavy atom. The second-order valence-corrected chi connectivity index (χ2v) is 8.86. The molecule has 5 nitrogen and oxygen atoms in total. The number of benzene rings is 1. The van der Waals surface area contributed by atoms with Crippen LogP contribution >= 0.6 is 0 Å². The van der Waals surface area contributed by atoms with E-state index in [1.54, 1.807) is 13.0 Å². The van der Waals surface area contributed by atoms with Gasteiger partial charge in [0.25, 0.3) is 0 Å². The molecule has 1 fully saturated rings. The molecule has 1 aliphatic rings. The van der Waals surface area contributed by atoms with Crippen LogP contribution in [0.3, 0.4) is 0 Å². The first kappa shape index (κ1) is 22.2. The summed E-state index contributed by atoms with van der Waals surface area (Å²) in [4.78, 5) is 27.0. The fraction of sp³-hybridized carbons (Fsp3) is 0.565. The molecule has 2 rings (SSSR count). The van der Waals surface area contributed by atoms with Crippen molar-refractivity contribution in [1.29, 1.82) is 0 Å². The number of nitrogens with zero attached hydrogens (tertiary/aromatic N) is 1. The number of carbonyl (C=O) groups excluding carboxylic acids is 2. The summed E-state index contributed by atoms with van der Waals surface area (Å²) < 4.78 is 0. The van der Waals surface area contributed by atoms with Crippen molar-refractivity contribution in [2.24, 2.45) is 11.8 Å². The second-order valence-electron chi connectivity index (χ2n) is 8.86. The molecular formula is C23H35N3O2. The topological polar surface area (TPSA) is 61.4 Å². The summed E-state index contributed by atoms with van der Waals surface area (Å²) in [6.45, 7) is 13.3. The van der Waals surface area contributed by atoms with Gasteiger partial charge in [0, 0.05) is 31.2 Å². The lowest BCUT2D eigenvalue weighted by atomic mass is 9.88. The van der Waals surface area contributed by atoms with Crippen LogP contribution in [0.1, 0.15) is 46.6 Å². The first-order valence-corrected chi connectivity index (χ1v) is 10.2. The standard InChI is InChI=1S/C23H35N3O2/c1-17-13-18(2)15-26(14-17)23(4,5)16-24-22(28)19(3)25-21(27)12-11-20-9-7-6-8-10-20/h6-12,17-19H,13-16H2,1-5H3,(H,24,28)(H,25,27)/b12-11+. The Kier molecular flexibility index (Phi) is 7.81.